The van der Waals surface area contributed by atoms with E-state index in [4.69, 9.17) is 23.7 Å². The van der Waals surface area contributed by atoms with Crippen LogP contribution in [0, 0.1) is 0 Å². The largest absolute Gasteiger partial charge is 0.493 e. The van der Waals surface area contributed by atoms with Crippen LogP contribution in [0.3, 0.4) is 0 Å². The summed E-state index contributed by atoms with van der Waals surface area (Å²) in [5, 5.41) is 4.05. The summed E-state index contributed by atoms with van der Waals surface area (Å²) >= 11 is 0. The standard InChI is InChI=1S/C28H27N3O6/c1-33-23-14-20-21(15-24(23)34-2)29-16-30-28(20)31-19-9-7-18(8-10-19)22(32)11-6-17-12-25(35-3)27(37-5)26(13-17)36-4/h6-16H,1-5H3,(H,29,30,31)/b11-6+. The number of hydrogen-bond donors (Lipinski definition) is 1. The van der Waals surface area contributed by atoms with E-state index in [0.29, 0.717) is 45.6 Å². The summed E-state index contributed by atoms with van der Waals surface area (Å²) < 4.78 is 26.9. The lowest BCUT2D eigenvalue weighted by Crippen LogP contribution is -1.99. The fourth-order valence-corrected chi connectivity index (χ4v) is 3.80. The van der Waals surface area contributed by atoms with Gasteiger partial charge >= 0.3 is 0 Å². The Morgan fingerprint density at radius 3 is 1.97 bits per heavy atom. The number of fused-ring (bicyclic) bond motifs is 1. The SMILES string of the molecule is COc1cc2ncnc(Nc3ccc(C(=O)/C=C/c4cc(OC)c(OC)c(OC)c4)cc3)c2cc1OC. The van der Waals surface area contributed by atoms with Gasteiger partial charge in [-0.1, -0.05) is 6.08 Å². The molecule has 0 aliphatic carbocycles. The van der Waals surface area contributed by atoms with Crippen molar-refractivity contribution >= 4 is 34.3 Å². The highest BCUT2D eigenvalue weighted by Gasteiger charge is 2.13. The molecule has 190 valence electrons. The van der Waals surface area contributed by atoms with E-state index in [-0.39, 0.29) is 5.78 Å². The summed E-state index contributed by atoms with van der Waals surface area (Å²) in [5.74, 6) is 3.13. The van der Waals surface area contributed by atoms with Crippen LogP contribution < -0.4 is 29.0 Å². The van der Waals surface area contributed by atoms with Gasteiger partial charge in [-0.2, -0.15) is 0 Å². The summed E-state index contributed by atoms with van der Waals surface area (Å²) in [7, 11) is 7.78. The van der Waals surface area contributed by atoms with E-state index in [1.807, 2.05) is 18.2 Å². The quantitative estimate of drug-likeness (QED) is 0.229. The molecule has 4 rings (SSSR count). The van der Waals surface area contributed by atoms with E-state index in [1.165, 1.54) is 12.4 Å². The molecular weight excluding hydrogens is 474 g/mol. The Morgan fingerprint density at radius 1 is 0.757 bits per heavy atom. The normalized spacial score (nSPS) is 10.8. The van der Waals surface area contributed by atoms with Crippen LogP contribution in [0.25, 0.3) is 17.0 Å². The zero-order valence-electron chi connectivity index (χ0n) is 21.2. The van der Waals surface area contributed by atoms with Crippen molar-refractivity contribution in [1.82, 2.24) is 9.97 Å². The van der Waals surface area contributed by atoms with E-state index in [9.17, 15) is 4.79 Å². The van der Waals surface area contributed by atoms with Crippen LogP contribution in [0.2, 0.25) is 0 Å². The zero-order chi connectivity index (χ0) is 26.4. The van der Waals surface area contributed by atoms with Crippen molar-refractivity contribution in [3.63, 3.8) is 0 Å². The van der Waals surface area contributed by atoms with Crippen LogP contribution in [0.5, 0.6) is 28.7 Å². The minimum atomic E-state index is -0.149. The Morgan fingerprint density at radius 2 is 1.38 bits per heavy atom. The van der Waals surface area contributed by atoms with E-state index in [0.717, 1.165) is 16.6 Å². The molecule has 3 aromatic carbocycles. The molecule has 4 aromatic rings. The molecule has 0 radical (unpaired) electrons. The molecule has 9 nitrogen and oxygen atoms in total. The molecule has 0 amide bonds. The number of nitrogens with zero attached hydrogens (tertiary/aromatic N) is 2. The van der Waals surface area contributed by atoms with Gasteiger partial charge in [-0.15, -0.1) is 0 Å². The average molecular weight is 502 g/mol. The van der Waals surface area contributed by atoms with Gasteiger partial charge in [0, 0.05) is 22.7 Å². The molecule has 0 saturated carbocycles. The number of benzene rings is 3. The number of nitrogens with one attached hydrogen (secondary N) is 1. The Labute approximate surface area is 214 Å². The molecule has 0 bridgehead atoms. The Balaban J connectivity index is 1.53. The smallest absolute Gasteiger partial charge is 0.203 e. The molecule has 0 spiro atoms. The maximum Gasteiger partial charge on any atom is 0.203 e. The molecule has 0 aliphatic heterocycles. The summed E-state index contributed by atoms with van der Waals surface area (Å²) in [6, 6.07) is 14.3. The maximum atomic E-state index is 12.8. The number of methoxy groups -OCH3 is 5. The second-order valence-corrected chi connectivity index (χ2v) is 7.81. The van der Waals surface area contributed by atoms with Crippen LogP contribution >= 0.6 is 0 Å². The number of carbonyl (C=O) groups excluding carboxylic acids is 1. The predicted octanol–water partition coefficient (Wildman–Crippen LogP) is 5.31. The van der Waals surface area contributed by atoms with Crippen molar-refractivity contribution in [2.75, 3.05) is 40.9 Å². The summed E-state index contributed by atoms with van der Waals surface area (Å²) in [4.78, 5) is 21.5. The van der Waals surface area contributed by atoms with Gasteiger partial charge in [0.1, 0.15) is 12.1 Å². The molecule has 0 saturated heterocycles. The second-order valence-electron chi connectivity index (χ2n) is 7.81. The van der Waals surface area contributed by atoms with Gasteiger partial charge in [-0.05, 0) is 54.1 Å². The van der Waals surface area contributed by atoms with Crippen LogP contribution in [-0.2, 0) is 0 Å². The molecule has 0 atom stereocenters. The number of anilines is 2. The van der Waals surface area contributed by atoms with Gasteiger partial charge in [0.2, 0.25) is 5.75 Å². The Hall–Kier alpha value is -4.79. The van der Waals surface area contributed by atoms with Crippen molar-refractivity contribution in [2.24, 2.45) is 0 Å². The van der Waals surface area contributed by atoms with Crippen molar-refractivity contribution in [2.45, 2.75) is 0 Å². The number of allylic oxidation sites excluding steroid dienone is 1. The molecule has 0 fully saturated rings. The van der Waals surface area contributed by atoms with E-state index >= 15 is 0 Å². The highest BCUT2D eigenvalue weighted by atomic mass is 16.5. The van der Waals surface area contributed by atoms with Crippen molar-refractivity contribution in [3.05, 3.63) is 72.1 Å². The van der Waals surface area contributed by atoms with Crippen LogP contribution in [0.1, 0.15) is 15.9 Å². The van der Waals surface area contributed by atoms with Crippen LogP contribution in [-0.4, -0.2) is 51.3 Å². The van der Waals surface area contributed by atoms with Gasteiger partial charge in [0.25, 0.3) is 0 Å². The first-order valence-electron chi connectivity index (χ1n) is 11.3. The van der Waals surface area contributed by atoms with Crippen LogP contribution in [0.4, 0.5) is 11.5 Å². The van der Waals surface area contributed by atoms with E-state index in [2.05, 4.69) is 15.3 Å². The lowest BCUT2D eigenvalue weighted by Gasteiger charge is -2.12. The maximum absolute atomic E-state index is 12.8. The number of hydrogen-bond acceptors (Lipinski definition) is 9. The third-order valence-electron chi connectivity index (χ3n) is 5.69. The molecule has 9 heteroatoms. The molecule has 1 N–H and O–H groups in total. The fourth-order valence-electron chi connectivity index (χ4n) is 3.80. The van der Waals surface area contributed by atoms with Crippen LogP contribution in [0.15, 0.2) is 60.9 Å². The minimum Gasteiger partial charge on any atom is -0.493 e. The number of rotatable bonds is 10. The highest BCUT2D eigenvalue weighted by molar-refractivity contribution is 6.07. The van der Waals surface area contributed by atoms with Crippen molar-refractivity contribution in [3.8, 4) is 28.7 Å². The number of ketones is 1. The van der Waals surface area contributed by atoms with Gasteiger partial charge < -0.3 is 29.0 Å². The van der Waals surface area contributed by atoms with E-state index in [1.54, 1.807) is 72.0 Å². The highest BCUT2D eigenvalue weighted by Crippen LogP contribution is 2.38. The molecule has 0 unspecified atom stereocenters. The van der Waals surface area contributed by atoms with Crippen molar-refractivity contribution < 1.29 is 28.5 Å². The van der Waals surface area contributed by atoms with Gasteiger partial charge in [-0.25, -0.2) is 9.97 Å². The number of ether oxygens (including phenoxy) is 5. The summed E-state index contributed by atoms with van der Waals surface area (Å²) in [6.07, 6.45) is 4.68. The average Bonchev–Trinajstić information content (AvgIpc) is 2.94. The molecule has 1 heterocycles. The first-order chi connectivity index (χ1) is 18.0. The lowest BCUT2D eigenvalue weighted by molar-refractivity contribution is 0.104. The third kappa shape index (κ3) is 5.40. The van der Waals surface area contributed by atoms with Gasteiger partial charge in [0.05, 0.1) is 41.1 Å². The summed E-state index contributed by atoms with van der Waals surface area (Å²) in [5.41, 5.74) is 2.75. The molecule has 1 aromatic heterocycles. The topological polar surface area (TPSA) is 101 Å². The number of carbonyl (C=O) groups is 1. The fraction of sp³-hybridized carbons (Fsp3) is 0.179. The van der Waals surface area contributed by atoms with Gasteiger partial charge in [0.15, 0.2) is 28.8 Å². The first-order valence-corrected chi connectivity index (χ1v) is 11.3. The Bertz CT molecular complexity index is 1430. The first kappa shape index (κ1) is 25.3. The van der Waals surface area contributed by atoms with E-state index < -0.39 is 0 Å². The number of aromatic nitrogens is 2. The van der Waals surface area contributed by atoms with Gasteiger partial charge in [-0.3, -0.25) is 4.79 Å². The zero-order valence-corrected chi connectivity index (χ0v) is 21.2. The molecule has 0 aliphatic rings. The molecular formula is C28H27N3O6. The lowest BCUT2D eigenvalue weighted by atomic mass is 10.1. The monoisotopic (exact) mass is 501 g/mol. The second kappa shape index (κ2) is 11.3. The van der Waals surface area contributed by atoms with Crippen molar-refractivity contribution in [1.29, 1.82) is 0 Å². The molecule has 37 heavy (non-hydrogen) atoms. The third-order valence-corrected chi connectivity index (χ3v) is 5.69. The summed E-state index contributed by atoms with van der Waals surface area (Å²) in [6.45, 7) is 0. The minimum absolute atomic E-state index is 0.149. The predicted molar refractivity (Wildman–Crippen MR) is 142 cm³/mol. The Kier molecular flexibility index (Phi) is 7.73.